The summed E-state index contributed by atoms with van der Waals surface area (Å²) in [6.07, 6.45) is 0. The number of anilines is 1. The predicted octanol–water partition coefficient (Wildman–Crippen LogP) is 4.62. The number of nitrogens with one attached hydrogen (secondary N) is 1. The molecular formula is C25H20ClN5O2. The first-order valence-electron chi connectivity index (χ1n) is 10.4. The number of carbonyl (C=O) groups excluding carboxylic acids is 1. The number of rotatable bonds is 4. The van der Waals surface area contributed by atoms with E-state index in [-0.39, 0.29) is 17.0 Å². The maximum absolute atomic E-state index is 13.4. The Balaban J connectivity index is 1.64. The van der Waals surface area contributed by atoms with E-state index in [1.54, 1.807) is 16.7 Å². The van der Waals surface area contributed by atoms with Gasteiger partial charge in [0.1, 0.15) is 0 Å². The Morgan fingerprint density at radius 2 is 1.70 bits per heavy atom. The fourth-order valence-electron chi connectivity index (χ4n) is 3.80. The molecule has 0 aliphatic carbocycles. The molecule has 0 aliphatic rings. The third-order valence-electron chi connectivity index (χ3n) is 5.45. The second kappa shape index (κ2) is 8.18. The largest absolute Gasteiger partial charge is 0.318 e. The van der Waals surface area contributed by atoms with Crippen molar-refractivity contribution < 1.29 is 4.79 Å². The van der Waals surface area contributed by atoms with Crippen LogP contribution < -0.4 is 10.9 Å². The van der Waals surface area contributed by atoms with E-state index in [9.17, 15) is 9.59 Å². The van der Waals surface area contributed by atoms with Gasteiger partial charge in [-0.1, -0.05) is 54.1 Å². The molecule has 0 aliphatic heterocycles. The minimum absolute atomic E-state index is 0.0856. The van der Waals surface area contributed by atoms with Crippen LogP contribution in [0.4, 0.5) is 5.69 Å². The number of fused-ring (bicyclic) bond motifs is 3. The summed E-state index contributed by atoms with van der Waals surface area (Å²) in [5.41, 5.74) is 4.59. The molecule has 0 spiro atoms. The molecule has 7 nitrogen and oxygen atoms in total. The van der Waals surface area contributed by atoms with Crippen LogP contribution in [0.3, 0.4) is 0 Å². The van der Waals surface area contributed by atoms with Crippen LogP contribution >= 0.6 is 11.6 Å². The first kappa shape index (κ1) is 20.9. The molecule has 1 N–H and O–H groups in total. The summed E-state index contributed by atoms with van der Waals surface area (Å²) < 4.78 is 3.10. The van der Waals surface area contributed by atoms with Gasteiger partial charge in [-0.3, -0.25) is 14.2 Å². The normalized spacial score (nSPS) is 11.2. The van der Waals surface area contributed by atoms with E-state index in [4.69, 9.17) is 11.6 Å². The van der Waals surface area contributed by atoms with Crippen molar-refractivity contribution in [3.63, 3.8) is 0 Å². The lowest BCUT2D eigenvalue weighted by atomic mass is 10.2. The maximum atomic E-state index is 13.4. The lowest BCUT2D eigenvalue weighted by Gasteiger charge is -2.12. The van der Waals surface area contributed by atoms with Crippen LogP contribution in [-0.2, 0) is 6.54 Å². The molecule has 0 bridgehead atoms. The quantitative estimate of drug-likeness (QED) is 0.427. The van der Waals surface area contributed by atoms with Crippen LogP contribution in [0.15, 0.2) is 71.5 Å². The van der Waals surface area contributed by atoms with Crippen molar-refractivity contribution in [1.82, 2.24) is 19.2 Å². The van der Waals surface area contributed by atoms with Crippen LogP contribution in [0.25, 0.3) is 16.7 Å². The predicted molar refractivity (Wildman–Crippen MR) is 129 cm³/mol. The standard InChI is InChI=1S/C25H20ClN5O2/c1-15-8-10-19(18(26)12-15)27-24(32)22-28-23-25(33)30(14-17-6-4-3-5-7-17)21-13-16(2)9-11-20(21)31(23)29-22/h3-13H,14H2,1-2H3,(H,27,32). The number of carbonyl (C=O) groups is 1. The van der Waals surface area contributed by atoms with Gasteiger partial charge in [0.2, 0.25) is 11.5 Å². The van der Waals surface area contributed by atoms with Crippen molar-refractivity contribution in [2.75, 3.05) is 5.32 Å². The van der Waals surface area contributed by atoms with Crippen LogP contribution in [0, 0.1) is 13.8 Å². The lowest BCUT2D eigenvalue weighted by Crippen LogP contribution is -2.24. The first-order chi connectivity index (χ1) is 15.9. The van der Waals surface area contributed by atoms with E-state index in [1.165, 1.54) is 4.52 Å². The second-order valence-corrected chi connectivity index (χ2v) is 8.38. The first-order valence-corrected chi connectivity index (χ1v) is 10.8. The van der Waals surface area contributed by atoms with Crippen molar-refractivity contribution in [2.45, 2.75) is 20.4 Å². The van der Waals surface area contributed by atoms with Gasteiger partial charge < -0.3 is 5.32 Å². The zero-order chi connectivity index (χ0) is 23.1. The molecule has 33 heavy (non-hydrogen) atoms. The van der Waals surface area contributed by atoms with Gasteiger partial charge in [0.15, 0.2) is 0 Å². The molecule has 0 saturated carbocycles. The number of halogens is 1. The molecule has 3 aromatic carbocycles. The van der Waals surface area contributed by atoms with Gasteiger partial charge in [0.25, 0.3) is 11.5 Å². The average molecular weight is 458 g/mol. The minimum Gasteiger partial charge on any atom is -0.318 e. The van der Waals surface area contributed by atoms with Gasteiger partial charge in [-0.15, -0.1) is 5.10 Å². The van der Waals surface area contributed by atoms with E-state index in [0.29, 0.717) is 22.8 Å². The smallest absolute Gasteiger partial charge is 0.296 e. The Kier molecular flexibility index (Phi) is 5.18. The molecule has 1 amide bonds. The number of hydrogen-bond donors (Lipinski definition) is 1. The minimum atomic E-state index is -0.543. The van der Waals surface area contributed by atoms with E-state index >= 15 is 0 Å². The highest BCUT2D eigenvalue weighted by molar-refractivity contribution is 6.34. The molecule has 5 rings (SSSR count). The second-order valence-electron chi connectivity index (χ2n) is 7.98. The Hall–Kier alpha value is -3.97. The van der Waals surface area contributed by atoms with Gasteiger partial charge in [0.05, 0.1) is 28.3 Å². The van der Waals surface area contributed by atoms with Gasteiger partial charge in [-0.05, 0) is 54.8 Å². The van der Waals surface area contributed by atoms with Crippen LogP contribution in [0.5, 0.6) is 0 Å². The molecule has 0 fully saturated rings. The molecule has 0 saturated heterocycles. The summed E-state index contributed by atoms with van der Waals surface area (Å²) in [6, 6.07) is 20.8. The maximum Gasteiger partial charge on any atom is 0.296 e. The topological polar surface area (TPSA) is 81.3 Å². The highest BCUT2D eigenvalue weighted by atomic mass is 35.5. The molecule has 2 heterocycles. The number of hydrogen-bond acceptors (Lipinski definition) is 4. The van der Waals surface area contributed by atoms with Crippen LogP contribution in [0.2, 0.25) is 5.02 Å². The molecule has 164 valence electrons. The fraction of sp³-hybridized carbons (Fsp3) is 0.120. The van der Waals surface area contributed by atoms with E-state index in [2.05, 4.69) is 15.4 Å². The van der Waals surface area contributed by atoms with Crippen LogP contribution in [0.1, 0.15) is 27.3 Å². The molecule has 2 aromatic heterocycles. The van der Waals surface area contributed by atoms with Crippen LogP contribution in [-0.4, -0.2) is 25.1 Å². The SMILES string of the molecule is Cc1ccc(NC(=O)c2nc3c(=O)n(Cc4ccccc4)c4cc(C)ccc4n3n2)c(Cl)c1. The van der Waals surface area contributed by atoms with Crippen molar-refractivity contribution in [1.29, 1.82) is 0 Å². The third kappa shape index (κ3) is 3.87. The summed E-state index contributed by atoms with van der Waals surface area (Å²) >= 11 is 6.24. The number of aromatic nitrogens is 4. The number of amides is 1. The molecule has 8 heteroatoms. The van der Waals surface area contributed by atoms with E-state index in [1.807, 2.05) is 68.4 Å². The summed E-state index contributed by atoms with van der Waals surface area (Å²) in [6.45, 7) is 4.25. The monoisotopic (exact) mass is 457 g/mol. The van der Waals surface area contributed by atoms with Gasteiger partial charge in [0, 0.05) is 0 Å². The number of nitrogens with zero attached hydrogens (tertiary/aromatic N) is 4. The fourth-order valence-corrected chi connectivity index (χ4v) is 4.08. The molecule has 0 radical (unpaired) electrons. The van der Waals surface area contributed by atoms with E-state index < -0.39 is 5.91 Å². The molecule has 0 atom stereocenters. The Morgan fingerprint density at radius 3 is 2.45 bits per heavy atom. The Morgan fingerprint density at radius 1 is 0.970 bits per heavy atom. The van der Waals surface area contributed by atoms with Crippen molar-refractivity contribution in [3.8, 4) is 0 Å². The zero-order valence-corrected chi connectivity index (χ0v) is 18.8. The van der Waals surface area contributed by atoms with Gasteiger partial charge in [-0.2, -0.15) is 4.98 Å². The average Bonchev–Trinajstić information content (AvgIpc) is 3.25. The van der Waals surface area contributed by atoms with Crippen molar-refractivity contribution >= 4 is 39.9 Å². The lowest BCUT2D eigenvalue weighted by molar-refractivity contribution is 0.101. The third-order valence-corrected chi connectivity index (χ3v) is 5.77. The van der Waals surface area contributed by atoms with Crippen molar-refractivity contribution in [3.05, 3.63) is 105 Å². The summed E-state index contributed by atoms with van der Waals surface area (Å²) in [4.78, 5) is 30.6. The Bertz CT molecular complexity index is 1590. The number of benzene rings is 3. The van der Waals surface area contributed by atoms with Gasteiger partial charge in [-0.25, -0.2) is 4.52 Å². The highest BCUT2D eigenvalue weighted by Crippen LogP contribution is 2.23. The zero-order valence-electron chi connectivity index (χ0n) is 18.0. The summed E-state index contributed by atoms with van der Waals surface area (Å²) in [7, 11) is 0. The van der Waals surface area contributed by atoms with Crippen molar-refractivity contribution in [2.24, 2.45) is 0 Å². The molecule has 0 unspecified atom stereocenters. The molecular weight excluding hydrogens is 438 g/mol. The molecule has 5 aromatic rings. The van der Waals surface area contributed by atoms with Gasteiger partial charge >= 0.3 is 0 Å². The summed E-state index contributed by atoms with van der Waals surface area (Å²) in [5.74, 6) is -0.651. The summed E-state index contributed by atoms with van der Waals surface area (Å²) in [5, 5.41) is 7.50. The Labute approximate surface area is 194 Å². The highest BCUT2D eigenvalue weighted by Gasteiger charge is 2.20. The number of aryl methyl sites for hydroxylation is 2. The van der Waals surface area contributed by atoms with E-state index in [0.717, 1.165) is 22.2 Å².